The molecule has 0 unspecified atom stereocenters. The third-order valence-electron chi connectivity index (χ3n) is 6.51. The van der Waals surface area contributed by atoms with Crippen LogP contribution in [0.5, 0.6) is 0 Å². The normalized spacial score (nSPS) is 17.5. The molecule has 3 aromatic rings. The van der Waals surface area contributed by atoms with Gasteiger partial charge in [0.25, 0.3) is 5.91 Å². The predicted molar refractivity (Wildman–Crippen MR) is 140 cm³/mol. The molecule has 0 saturated carbocycles. The van der Waals surface area contributed by atoms with Crippen LogP contribution in [0.1, 0.15) is 28.3 Å². The van der Waals surface area contributed by atoms with Crippen molar-refractivity contribution in [2.45, 2.75) is 32.0 Å². The number of nitrogens with zero attached hydrogens (tertiary/aromatic N) is 2. The van der Waals surface area contributed by atoms with Gasteiger partial charge in [-0.3, -0.25) is 14.4 Å². The summed E-state index contributed by atoms with van der Waals surface area (Å²) in [6, 6.07) is 23.5. The molecule has 0 spiro atoms. The van der Waals surface area contributed by atoms with Crippen molar-refractivity contribution in [3.05, 3.63) is 106 Å². The molecule has 1 fully saturated rings. The Morgan fingerprint density at radius 2 is 1.78 bits per heavy atom. The number of benzene rings is 3. The summed E-state index contributed by atoms with van der Waals surface area (Å²) < 4.78 is 5.85. The Morgan fingerprint density at radius 1 is 1.05 bits per heavy atom. The first kappa shape index (κ1) is 26.4. The number of amides is 2. The van der Waals surface area contributed by atoms with Crippen LogP contribution in [0.25, 0.3) is 0 Å². The van der Waals surface area contributed by atoms with Gasteiger partial charge in [0.05, 0.1) is 6.04 Å². The Labute approximate surface area is 221 Å². The van der Waals surface area contributed by atoms with Crippen LogP contribution >= 0.6 is 11.6 Å². The van der Waals surface area contributed by atoms with E-state index in [2.05, 4.69) is 0 Å². The van der Waals surface area contributed by atoms with Crippen molar-refractivity contribution in [1.29, 1.82) is 0 Å². The van der Waals surface area contributed by atoms with Crippen molar-refractivity contribution < 1.29 is 24.2 Å². The highest BCUT2D eigenvalue weighted by Gasteiger charge is 2.43. The molecule has 0 aliphatic carbocycles. The smallest absolute Gasteiger partial charge is 0.323 e. The number of carbonyl (C=O) groups excluding carboxylic acids is 2. The molecule has 192 valence electrons. The van der Waals surface area contributed by atoms with Crippen LogP contribution in [-0.2, 0) is 32.1 Å². The SMILES string of the molecule is Cc1ccccc1CCN(CC(=O)O)C(=O)[C@@H]1OCC(=O)N(Cc2cccc(Cl)c2)[C@@H]1c1ccccc1. The molecule has 37 heavy (non-hydrogen) atoms. The second-order valence-corrected chi connectivity index (χ2v) is 9.51. The van der Waals surface area contributed by atoms with Crippen LogP contribution in [0.3, 0.4) is 0 Å². The largest absolute Gasteiger partial charge is 0.480 e. The third-order valence-corrected chi connectivity index (χ3v) is 6.74. The van der Waals surface area contributed by atoms with Crippen LogP contribution in [-0.4, -0.2) is 58.5 Å². The molecule has 0 radical (unpaired) electrons. The zero-order valence-corrected chi connectivity index (χ0v) is 21.3. The lowest BCUT2D eigenvalue weighted by Crippen LogP contribution is -2.55. The third kappa shape index (κ3) is 6.56. The van der Waals surface area contributed by atoms with E-state index >= 15 is 0 Å². The van der Waals surface area contributed by atoms with Crippen molar-refractivity contribution in [1.82, 2.24) is 9.80 Å². The minimum Gasteiger partial charge on any atom is -0.480 e. The van der Waals surface area contributed by atoms with E-state index in [1.54, 1.807) is 17.0 Å². The van der Waals surface area contributed by atoms with Crippen LogP contribution < -0.4 is 0 Å². The van der Waals surface area contributed by atoms with Crippen molar-refractivity contribution >= 4 is 29.4 Å². The van der Waals surface area contributed by atoms with Gasteiger partial charge in [0.1, 0.15) is 13.2 Å². The quantitative estimate of drug-likeness (QED) is 0.455. The number of hydrogen-bond donors (Lipinski definition) is 1. The van der Waals surface area contributed by atoms with Crippen molar-refractivity contribution in [2.75, 3.05) is 19.7 Å². The number of ether oxygens (including phenoxy) is 1. The van der Waals surface area contributed by atoms with Crippen LogP contribution in [0.4, 0.5) is 0 Å². The summed E-state index contributed by atoms with van der Waals surface area (Å²) in [6.07, 6.45) is -0.560. The van der Waals surface area contributed by atoms with Crippen LogP contribution in [0.2, 0.25) is 5.02 Å². The Morgan fingerprint density at radius 3 is 2.49 bits per heavy atom. The zero-order chi connectivity index (χ0) is 26.4. The van der Waals surface area contributed by atoms with Gasteiger partial charge in [-0.05, 0) is 47.7 Å². The number of rotatable bonds is 9. The molecule has 7 nitrogen and oxygen atoms in total. The molecule has 3 aromatic carbocycles. The zero-order valence-electron chi connectivity index (χ0n) is 20.5. The van der Waals surface area contributed by atoms with Gasteiger partial charge in [0.15, 0.2) is 6.10 Å². The number of halogens is 1. The molecule has 1 aliphatic rings. The van der Waals surface area contributed by atoms with Gasteiger partial charge in [0, 0.05) is 18.1 Å². The maximum atomic E-state index is 13.9. The van der Waals surface area contributed by atoms with E-state index in [9.17, 15) is 19.5 Å². The van der Waals surface area contributed by atoms with E-state index in [0.717, 1.165) is 22.3 Å². The molecule has 1 aliphatic heterocycles. The summed E-state index contributed by atoms with van der Waals surface area (Å²) >= 11 is 6.17. The standard InChI is InChI=1S/C29H29ClN2O5/c1-20-8-5-6-10-22(20)14-15-31(18-26(34)35)29(36)28-27(23-11-3-2-4-12-23)32(25(33)19-37-28)17-21-9-7-13-24(30)16-21/h2-13,16,27-28H,14-15,17-19H2,1H3,(H,34,35)/t27-,28-/m1/s1. The molecular formula is C29H29ClN2O5. The molecule has 1 heterocycles. The predicted octanol–water partition coefficient (Wildman–Crippen LogP) is 4.27. The van der Waals surface area contributed by atoms with Gasteiger partial charge in [-0.15, -0.1) is 0 Å². The van der Waals surface area contributed by atoms with Crippen LogP contribution in [0, 0.1) is 6.92 Å². The maximum Gasteiger partial charge on any atom is 0.323 e. The number of hydrogen-bond acceptors (Lipinski definition) is 4. The highest BCUT2D eigenvalue weighted by atomic mass is 35.5. The lowest BCUT2D eigenvalue weighted by Gasteiger charge is -2.42. The summed E-state index contributed by atoms with van der Waals surface area (Å²) in [5.74, 6) is -1.84. The number of carbonyl (C=O) groups is 3. The molecule has 4 rings (SSSR count). The molecular weight excluding hydrogens is 492 g/mol. The van der Waals surface area contributed by atoms with Crippen molar-refractivity contribution in [3.8, 4) is 0 Å². The van der Waals surface area contributed by atoms with Gasteiger partial charge in [-0.1, -0.05) is 78.3 Å². The first-order valence-corrected chi connectivity index (χ1v) is 12.5. The maximum absolute atomic E-state index is 13.9. The molecule has 1 N–H and O–H groups in total. The monoisotopic (exact) mass is 520 g/mol. The lowest BCUT2D eigenvalue weighted by molar-refractivity contribution is -0.171. The highest BCUT2D eigenvalue weighted by molar-refractivity contribution is 6.30. The number of morpholine rings is 1. The highest BCUT2D eigenvalue weighted by Crippen LogP contribution is 2.33. The number of carboxylic acid groups (broad SMARTS) is 1. The Hall–Kier alpha value is -3.68. The average molecular weight is 521 g/mol. The second kappa shape index (κ2) is 12.0. The van der Waals surface area contributed by atoms with Gasteiger partial charge in [-0.2, -0.15) is 0 Å². The van der Waals surface area contributed by atoms with Crippen LogP contribution in [0.15, 0.2) is 78.9 Å². The van der Waals surface area contributed by atoms with E-state index in [4.69, 9.17) is 16.3 Å². The van der Waals surface area contributed by atoms with Gasteiger partial charge >= 0.3 is 5.97 Å². The Bertz CT molecular complexity index is 1270. The summed E-state index contributed by atoms with van der Waals surface area (Å²) in [7, 11) is 0. The molecule has 0 aromatic heterocycles. The number of carboxylic acids is 1. The Kier molecular flexibility index (Phi) is 8.58. The average Bonchev–Trinajstić information content (AvgIpc) is 2.88. The molecule has 2 amide bonds. The summed E-state index contributed by atoms with van der Waals surface area (Å²) in [6.45, 7) is 1.68. The van der Waals surface area contributed by atoms with E-state index in [-0.39, 0.29) is 25.6 Å². The van der Waals surface area contributed by atoms with E-state index in [1.165, 1.54) is 4.90 Å². The fourth-order valence-corrected chi connectivity index (χ4v) is 4.85. The van der Waals surface area contributed by atoms with E-state index < -0.39 is 30.6 Å². The van der Waals surface area contributed by atoms with Crippen molar-refractivity contribution in [3.63, 3.8) is 0 Å². The molecule has 2 atom stereocenters. The topological polar surface area (TPSA) is 87.1 Å². The van der Waals surface area contributed by atoms with Gasteiger partial charge in [0.2, 0.25) is 5.91 Å². The molecule has 8 heteroatoms. The molecule has 1 saturated heterocycles. The minimum absolute atomic E-state index is 0.208. The second-order valence-electron chi connectivity index (χ2n) is 9.07. The van der Waals surface area contributed by atoms with E-state index in [0.29, 0.717) is 11.4 Å². The lowest BCUT2D eigenvalue weighted by atomic mass is 9.95. The van der Waals surface area contributed by atoms with Crippen molar-refractivity contribution in [2.24, 2.45) is 0 Å². The first-order chi connectivity index (χ1) is 17.8. The number of aryl methyl sites for hydroxylation is 1. The van der Waals surface area contributed by atoms with Gasteiger partial charge < -0.3 is 19.6 Å². The number of aliphatic carboxylic acids is 1. The Balaban J connectivity index is 1.65. The summed E-state index contributed by atoms with van der Waals surface area (Å²) in [5.41, 5.74) is 3.65. The van der Waals surface area contributed by atoms with E-state index in [1.807, 2.05) is 73.7 Å². The minimum atomic E-state index is -1.11. The fourth-order valence-electron chi connectivity index (χ4n) is 4.64. The first-order valence-electron chi connectivity index (χ1n) is 12.1. The fraction of sp³-hybridized carbons (Fsp3) is 0.276. The van der Waals surface area contributed by atoms with Gasteiger partial charge in [-0.25, -0.2) is 0 Å². The summed E-state index contributed by atoms with van der Waals surface area (Å²) in [4.78, 5) is 41.6. The molecule has 0 bridgehead atoms. The summed E-state index contributed by atoms with van der Waals surface area (Å²) in [5, 5.41) is 10.1.